The zero-order chi connectivity index (χ0) is 14.1. The summed E-state index contributed by atoms with van der Waals surface area (Å²) in [6, 6.07) is 0. The van der Waals surface area contributed by atoms with Crippen LogP contribution in [0.15, 0.2) is 0 Å². The van der Waals surface area contributed by atoms with Crippen LogP contribution in [0.3, 0.4) is 0 Å². The third kappa shape index (κ3) is 6.39. The first-order valence-electron chi connectivity index (χ1n) is 7.73. The summed E-state index contributed by atoms with van der Waals surface area (Å²) in [6.45, 7) is 4.48. The maximum absolute atomic E-state index is 12.1. The summed E-state index contributed by atoms with van der Waals surface area (Å²) in [5.41, 5.74) is 5.58. The number of nitrogens with two attached hydrogens (primary N) is 1. The molecule has 1 aliphatic rings. The molecule has 1 heterocycles. The van der Waals surface area contributed by atoms with Gasteiger partial charge in [0.1, 0.15) is 0 Å². The van der Waals surface area contributed by atoms with E-state index in [0.29, 0.717) is 12.3 Å². The summed E-state index contributed by atoms with van der Waals surface area (Å²) in [7, 11) is 1.89. The van der Waals surface area contributed by atoms with E-state index >= 15 is 0 Å². The largest absolute Gasteiger partial charge is 0.376 e. The second-order valence-corrected chi connectivity index (χ2v) is 5.65. The van der Waals surface area contributed by atoms with Crippen molar-refractivity contribution in [3.63, 3.8) is 0 Å². The topological polar surface area (TPSA) is 55.6 Å². The number of amides is 1. The molecule has 0 bridgehead atoms. The van der Waals surface area contributed by atoms with Crippen LogP contribution >= 0.6 is 0 Å². The van der Waals surface area contributed by atoms with Crippen LogP contribution in [0.5, 0.6) is 0 Å². The molecule has 1 saturated heterocycles. The van der Waals surface area contributed by atoms with Gasteiger partial charge in [-0.1, -0.05) is 13.3 Å². The highest BCUT2D eigenvalue weighted by atomic mass is 16.5. The van der Waals surface area contributed by atoms with Gasteiger partial charge < -0.3 is 15.4 Å². The van der Waals surface area contributed by atoms with E-state index in [2.05, 4.69) is 6.92 Å². The molecule has 2 N–H and O–H groups in total. The highest BCUT2D eigenvalue weighted by molar-refractivity contribution is 5.75. The molecule has 1 amide bonds. The van der Waals surface area contributed by atoms with Crippen LogP contribution in [0.4, 0.5) is 0 Å². The van der Waals surface area contributed by atoms with Crippen LogP contribution in [0.1, 0.15) is 51.9 Å². The summed E-state index contributed by atoms with van der Waals surface area (Å²) in [5.74, 6) is 0.831. The lowest BCUT2D eigenvalue weighted by Crippen LogP contribution is -2.37. The highest BCUT2D eigenvalue weighted by Gasteiger charge is 2.19. The summed E-state index contributed by atoms with van der Waals surface area (Å²) < 4.78 is 5.67. The average molecular weight is 270 g/mol. The molecule has 1 rings (SSSR count). The Morgan fingerprint density at radius 1 is 1.42 bits per heavy atom. The van der Waals surface area contributed by atoms with Crippen LogP contribution in [-0.4, -0.2) is 43.7 Å². The Bertz CT molecular complexity index is 253. The van der Waals surface area contributed by atoms with Crippen molar-refractivity contribution in [2.75, 3.05) is 26.7 Å². The number of carbonyl (C=O) groups excluding carboxylic acids is 1. The molecule has 19 heavy (non-hydrogen) atoms. The molecule has 0 aliphatic carbocycles. The molecule has 1 aliphatic heterocycles. The van der Waals surface area contributed by atoms with Crippen molar-refractivity contribution in [1.82, 2.24) is 4.90 Å². The first-order chi connectivity index (χ1) is 9.17. The monoisotopic (exact) mass is 270 g/mol. The molecule has 0 spiro atoms. The predicted molar refractivity (Wildman–Crippen MR) is 77.9 cm³/mol. The fourth-order valence-electron chi connectivity index (χ4n) is 2.67. The number of nitrogens with zero attached hydrogens (tertiary/aromatic N) is 1. The lowest BCUT2D eigenvalue weighted by molar-refractivity contribution is -0.132. The van der Waals surface area contributed by atoms with Crippen molar-refractivity contribution in [1.29, 1.82) is 0 Å². The Morgan fingerprint density at radius 2 is 2.21 bits per heavy atom. The van der Waals surface area contributed by atoms with Gasteiger partial charge in [-0.25, -0.2) is 0 Å². The van der Waals surface area contributed by atoms with E-state index < -0.39 is 0 Å². The molecule has 2 atom stereocenters. The second-order valence-electron chi connectivity index (χ2n) is 5.65. The maximum atomic E-state index is 12.1. The maximum Gasteiger partial charge on any atom is 0.222 e. The highest BCUT2D eigenvalue weighted by Crippen LogP contribution is 2.17. The second kappa shape index (κ2) is 9.32. The molecule has 0 aromatic heterocycles. The van der Waals surface area contributed by atoms with Gasteiger partial charge in [0.15, 0.2) is 0 Å². The van der Waals surface area contributed by atoms with Gasteiger partial charge in [0.2, 0.25) is 5.91 Å². The Labute approximate surface area is 117 Å². The fraction of sp³-hybridized carbons (Fsp3) is 0.933. The number of likely N-dealkylation sites (N-methyl/N-ethyl adjacent to an activating group) is 1. The molecule has 1 fully saturated rings. The molecule has 112 valence electrons. The first-order valence-corrected chi connectivity index (χ1v) is 7.73. The van der Waals surface area contributed by atoms with Crippen molar-refractivity contribution < 1.29 is 9.53 Å². The van der Waals surface area contributed by atoms with E-state index in [-0.39, 0.29) is 12.0 Å². The minimum atomic E-state index is 0.240. The normalized spacial score (nSPS) is 21.1. The van der Waals surface area contributed by atoms with Crippen molar-refractivity contribution >= 4 is 5.91 Å². The van der Waals surface area contributed by atoms with E-state index in [1.165, 1.54) is 6.42 Å². The molecule has 0 aromatic carbocycles. The van der Waals surface area contributed by atoms with Crippen LogP contribution in [0.2, 0.25) is 0 Å². The number of rotatable bonds is 8. The van der Waals surface area contributed by atoms with Crippen molar-refractivity contribution in [2.45, 2.75) is 58.0 Å². The van der Waals surface area contributed by atoms with Gasteiger partial charge in [0.25, 0.3) is 0 Å². The lowest BCUT2D eigenvalue weighted by atomic mass is 9.96. The molecular formula is C15H30N2O2. The third-order valence-corrected chi connectivity index (χ3v) is 4.10. The van der Waals surface area contributed by atoms with Gasteiger partial charge >= 0.3 is 0 Å². The predicted octanol–water partition coefficient (Wildman–Crippen LogP) is 2.17. The molecule has 0 radical (unpaired) electrons. The molecule has 2 unspecified atom stereocenters. The average Bonchev–Trinajstić information content (AvgIpc) is 2.44. The van der Waals surface area contributed by atoms with Crippen LogP contribution in [-0.2, 0) is 9.53 Å². The molecule has 4 heteroatoms. The van der Waals surface area contributed by atoms with Crippen molar-refractivity contribution in [3.8, 4) is 0 Å². The smallest absolute Gasteiger partial charge is 0.222 e. The van der Waals surface area contributed by atoms with Crippen molar-refractivity contribution in [3.05, 3.63) is 0 Å². The molecular weight excluding hydrogens is 240 g/mol. The number of carbonyl (C=O) groups is 1. The van der Waals surface area contributed by atoms with Crippen molar-refractivity contribution in [2.24, 2.45) is 11.7 Å². The van der Waals surface area contributed by atoms with E-state index in [1.807, 2.05) is 11.9 Å². The molecule has 4 nitrogen and oxygen atoms in total. The van der Waals surface area contributed by atoms with Crippen LogP contribution in [0.25, 0.3) is 0 Å². The quantitative estimate of drug-likeness (QED) is 0.735. The zero-order valence-corrected chi connectivity index (χ0v) is 12.6. The van der Waals surface area contributed by atoms with Crippen LogP contribution < -0.4 is 5.73 Å². The third-order valence-electron chi connectivity index (χ3n) is 4.10. The van der Waals surface area contributed by atoms with Gasteiger partial charge in [-0.05, 0) is 44.6 Å². The van der Waals surface area contributed by atoms with E-state index in [1.54, 1.807) is 0 Å². The zero-order valence-electron chi connectivity index (χ0n) is 12.6. The summed E-state index contributed by atoms with van der Waals surface area (Å²) in [5, 5.41) is 0. The number of ether oxygens (including phenoxy) is 1. The van der Waals surface area contributed by atoms with Gasteiger partial charge in [0, 0.05) is 26.6 Å². The van der Waals surface area contributed by atoms with Gasteiger partial charge in [-0.2, -0.15) is 0 Å². The molecule has 0 saturated carbocycles. The number of hydrogen-bond acceptors (Lipinski definition) is 3. The van der Waals surface area contributed by atoms with Crippen LogP contribution in [0, 0.1) is 5.92 Å². The Hall–Kier alpha value is -0.610. The van der Waals surface area contributed by atoms with E-state index in [9.17, 15) is 4.79 Å². The summed E-state index contributed by atoms with van der Waals surface area (Å²) in [4.78, 5) is 13.9. The van der Waals surface area contributed by atoms with Gasteiger partial charge in [-0.15, -0.1) is 0 Å². The Morgan fingerprint density at radius 3 is 2.79 bits per heavy atom. The van der Waals surface area contributed by atoms with Gasteiger partial charge in [0.05, 0.1) is 6.10 Å². The van der Waals surface area contributed by atoms with E-state index in [0.717, 1.165) is 51.8 Å². The Balaban J connectivity index is 2.23. The minimum Gasteiger partial charge on any atom is -0.376 e. The van der Waals surface area contributed by atoms with E-state index in [4.69, 9.17) is 10.5 Å². The Kier molecular flexibility index (Phi) is 8.07. The SMILES string of the molecule is CCC(CCN)CCC(=O)N(C)CC1CCCCO1. The first kappa shape index (κ1) is 16.4. The fourth-order valence-corrected chi connectivity index (χ4v) is 2.67. The number of hydrogen-bond donors (Lipinski definition) is 1. The lowest BCUT2D eigenvalue weighted by Gasteiger charge is -2.27. The summed E-state index contributed by atoms with van der Waals surface area (Å²) in [6.07, 6.45) is 7.45. The van der Waals surface area contributed by atoms with Gasteiger partial charge in [-0.3, -0.25) is 4.79 Å². The molecule has 0 aromatic rings. The standard InChI is InChI=1S/C15H30N2O2/c1-3-13(9-10-16)7-8-15(18)17(2)12-14-6-4-5-11-19-14/h13-14H,3-12,16H2,1-2H3. The minimum absolute atomic E-state index is 0.240. The summed E-state index contributed by atoms with van der Waals surface area (Å²) >= 11 is 0.